The molecule has 1 aromatic heterocycles. The molecular formula is C19H21N3O4S. The molecule has 0 unspecified atom stereocenters. The van der Waals surface area contributed by atoms with Crippen molar-refractivity contribution in [2.24, 2.45) is 5.92 Å². The Morgan fingerprint density at radius 1 is 1.15 bits per heavy atom. The van der Waals surface area contributed by atoms with E-state index in [-0.39, 0.29) is 18.0 Å². The van der Waals surface area contributed by atoms with Crippen molar-refractivity contribution in [2.75, 3.05) is 19.3 Å². The molecule has 1 aliphatic rings. The summed E-state index contributed by atoms with van der Waals surface area (Å²) in [6, 6.07) is 10.9. The molecule has 0 atom stereocenters. The number of aromatic nitrogens is 2. The lowest BCUT2D eigenvalue weighted by molar-refractivity contribution is -0.145. The van der Waals surface area contributed by atoms with Gasteiger partial charge < -0.3 is 10.0 Å². The summed E-state index contributed by atoms with van der Waals surface area (Å²) in [5, 5.41) is 13.4. The summed E-state index contributed by atoms with van der Waals surface area (Å²) >= 11 is 1.64. The number of carbonyl (C=O) groups excluding carboxylic acids is 1. The lowest BCUT2D eigenvalue weighted by Gasteiger charge is -2.30. The molecule has 0 aliphatic carbocycles. The first-order chi connectivity index (χ1) is 13.0. The molecule has 0 radical (unpaired) electrons. The second-order valence-corrected chi connectivity index (χ2v) is 7.32. The van der Waals surface area contributed by atoms with Crippen molar-refractivity contribution in [3.05, 3.63) is 46.8 Å². The van der Waals surface area contributed by atoms with Crippen LogP contribution in [0.25, 0.3) is 11.3 Å². The maximum absolute atomic E-state index is 12.5. The van der Waals surface area contributed by atoms with Gasteiger partial charge >= 0.3 is 5.97 Å². The van der Waals surface area contributed by atoms with E-state index in [0.29, 0.717) is 31.6 Å². The van der Waals surface area contributed by atoms with Crippen LogP contribution in [0.2, 0.25) is 0 Å². The third-order valence-corrected chi connectivity index (χ3v) is 5.48. The molecule has 8 heteroatoms. The van der Waals surface area contributed by atoms with Crippen molar-refractivity contribution in [1.82, 2.24) is 14.7 Å². The first-order valence-electron chi connectivity index (χ1n) is 8.71. The van der Waals surface area contributed by atoms with Crippen molar-refractivity contribution in [2.45, 2.75) is 24.3 Å². The summed E-state index contributed by atoms with van der Waals surface area (Å²) in [4.78, 5) is 38.4. The Bertz CT molecular complexity index is 887. The van der Waals surface area contributed by atoms with Crippen molar-refractivity contribution >= 4 is 23.6 Å². The molecule has 1 N–H and O–H groups in total. The number of piperidine rings is 1. The summed E-state index contributed by atoms with van der Waals surface area (Å²) < 4.78 is 1.17. The van der Waals surface area contributed by atoms with Crippen LogP contribution in [0.15, 0.2) is 46.1 Å². The average molecular weight is 387 g/mol. The van der Waals surface area contributed by atoms with Gasteiger partial charge in [-0.25, -0.2) is 4.68 Å². The van der Waals surface area contributed by atoms with Gasteiger partial charge in [0.25, 0.3) is 5.56 Å². The van der Waals surface area contributed by atoms with Gasteiger partial charge in [0, 0.05) is 29.6 Å². The van der Waals surface area contributed by atoms with Gasteiger partial charge in [-0.1, -0.05) is 12.1 Å². The van der Waals surface area contributed by atoms with E-state index < -0.39 is 11.9 Å². The molecule has 1 amide bonds. The van der Waals surface area contributed by atoms with Crippen molar-refractivity contribution in [3.8, 4) is 11.3 Å². The minimum Gasteiger partial charge on any atom is -0.481 e. The maximum atomic E-state index is 12.5. The molecule has 1 saturated heterocycles. The third-order valence-electron chi connectivity index (χ3n) is 4.73. The number of likely N-dealkylation sites (tertiary alicyclic amines) is 1. The number of nitrogens with zero attached hydrogens (tertiary/aromatic N) is 3. The highest BCUT2D eigenvalue weighted by Gasteiger charge is 2.27. The number of carboxylic acids is 1. The van der Waals surface area contributed by atoms with Crippen molar-refractivity contribution in [1.29, 1.82) is 0 Å². The summed E-state index contributed by atoms with van der Waals surface area (Å²) in [7, 11) is 0. The maximum Gasteiger partial charge on any atom is 0.306 e. The fraction of sp³-hybridized carbons (Fsp3) is 0.368. The van der Waals surface area contributed by atoms with E-state index in [1.807, 2.05) is 30.5 Å². The van der Waals surface area contributed by atoms with E-state index >= 15 is 0 Å². The summed E-state index contributed by atoms with van der Waals surface area (Å²) in [6.45, 7) is 0.633. The average Bonchev–Trinajstić information content (AvgIpc) is 2.69. The minimum absolute atomic E-state index is 0.146. The van der Waals surface area contributed by atoms with Crippen LogP contribution in [-0.4, -0.2) is 51.0 Å². The monoisotopic (exact) mass is 387 g/mol. The quantitative estimate of drug-likeness (QED) is 0.789. The summed E-state index contributed by atoms with van der Waals surface area (Å²) in [5.41, 5.74) is 1.16. The topological polar surface area (TPSA) is 92.5 Å². The SMILES string of the molecule is CSc1ccc(-c2ccc(=O)n(CC(=O)N3CCC(C(=O)O)CC3)n2)cc1. The Kier molecular flexibility index (Phi) is 5.95. The number of thioether (sulfide) groups is 1. The molecule has 0 spiro atoms. The van der Waals surface area contributed by atoms with Crippen molar-refractivity contribution in [3.63, 3.8) is 0 Å². The molecule has 7 nitrogen and oxygen atoms in total. The Labute approximate surface area is 161 Å². The number of aliphatic carboxylic acids is 1. The molecule has 2 heterocycles. The molecule has 27 heavy (non-hydrogen) atoms. The first-order valence-corrected chi connectivity index (χ1v) is 9.93. The fourth-order valence-corrected chi connectivity index (χ4v) is 3.49. The minimum atomic E-state index is -0.819. The zero-order valence-electron chi connectivity index (χ0n) is 15.0. The number of benzene rings is 1. The van der Waals surface area contributed by atoms with Crippen molar-refractivity contribution < 1.29 is 14.7 Å². The largest absolute Gasteiger partial charge is 0.481 e. The highest BCUT2D eigenvalue weighted by Crippen LogP contribution is 2.21. The van der Waals surface area contributed by atoms with Crippen LogP contribution in [-0.2, 0) is 16.1 Å². The van der Waals surface area contributed by atoms with E-state index in [9.17, 15) is 14.4 Å². The normalized spacial score (nSPS) is 14.9. The van der Waals surface area contributed by atoms with Crippen LogP contribution in [0.1, 0.15) is 12.8 Å². The first kappa shape index (κ1) is 19.2. The van der Waals surface area contributed by atoms with Gasteiger partial charge in [-0.05, 0) is 37.3 Å². The van der Waals surface area contributed by atoms with E-state index in [4.69, 9.17) is 5.11 Å². The highest BCUT2D eigenvalue weighted by molar-refractivity contribution is 7.98. The molecule has 1 aliphatic heterocycles. The number of carboxylic acid groups (broad SMARTS) is 1. The zero-order chi connectivity index (χ0) is 19.4. The zero-order valence-corrected chi connectivity index (χ0v) is 15.8. The molecule has 0 bridgehead atoms. The smallest absolute Gasteiger partial charge is 0.306 e. The predicted molar refractivity (Wildman–Crippen MR) is 103 cm³/mol. The van der Waals surface area contributed by atoms with E-state index in [2.05, 4.69) is 5.10 Å². The summed E-state index contributed by atoms with van der Waals surface area (Å²) in [6.07, 6.45) is 2.87. The van der Waals surface area contributed by atoms with Gasteiger partial charge in [0.2, 0.25) is 5.91 Å². The van der Waals surface area contributed by atoms with Crippen LogP contribution < -0.4 is 5.56 Å². The second kappa shape index (κ2) is 8.39. The standard InChI is InChI=1S/C19H21N3O4S/c1-27-15-4-2-13(3-5-15)16-6-7-17(23)22(20-16)12-18(24)21-10-8-14(9-11-21)19(25)26/h2-7,14H,8-12H2,1H3,(H,25,26). The molecule has 1 aromatic carbocycles. The Hall–Kier alpha value is -2.61. The Balaban J connectivity index is 1.72. The van der Waals surface area contributed by atoms with E-state index in [1.165, 1.54) is 10.7 Å². The second-order valence-electron chi connectivity index (χ2n) is 6.44. The number of hydrogen-bond acceptors (Lipinski definition) is 5. The Morgan fingerprint density at radius 3 is 2.41 bits per heavy atom. The van der Waals surface area contributed by atoms with E-state index in [1.54, 1.807) is 22.7 Å². The van der Waals surface area contributed by atoms with E-state index in [0.717, 1.165) is 10.5 Å². The van der Waals surface area contributed by atoms with Gasteiger partial charge in [-0.2, -0.15) is 5.10 Å². The van der Waals surface area contributed by atoms with Gasteiger partial charge in [-0.15, -0.1) is 11.8 Å². The summed E-state index contributed by atoms with van der Waals surface area (Å²) in [5.74, 6) is -1.44. The molecule has 1 fully saturated rings. The highest BCUT2D eigenvalue weighted by atomic mass is 32.2. The molecule has 0 saturated carbocycles. The molecule has 142 valence electrons. The predicted octanol–water partition coefficient (Wildman–Crippen LogP) is 1.96. The molecule has 2 aromatic rings. The van der Waals surface area contributed by atoms with Crippen LogP contribution >= 0.6 is 11.8 Å². The van der Waals surface area contributed by atoms with Gasteiger partial charge in [0.15, 0.2) is 0 Å². The Morgan fingerprint density at radius 2 is 1.81 bits per heavy atom. The van der Waals surface area contributed by atoms with Crippen LogP contribution in [0.3, 0.4) is 0 Å². The fourth-order valence-electron chi connectivity index (χ4n) is 3.08. The van der Waals surface area contributed by atoms with Crippen LogP contribution in [0.5, 0.6) is 0 Å². The van der Waals surface area contributed by atoms with Crippen LogP contribution in [0.4, 0.5) is 0 Å². The van der Waals surface area contributed by atoms with Crippen LogP contribution in [0, 0.1) is 5.92 Å². The lowest BCUT2D eigenvalue weighted by Crippen LogP contribution is -2.43. The molecular weight excluding hydrogens is 366 g/mol. The number of hydrogen-bond donors (Lipinski definition) is 1. The molecule has 3 rings (SSSR count). The number of carbonyl (C=O) groups is 2. The van der Waals surface area contributed by atoms with Gasteiger partial charge in [0.05, 0.1) is 11.6 Å². The lowest BCUT2D eigenvalue weighted by atomic mass is 9.97. The van der Waals surface area contributed by atoms with Gasteiger partial charge in [-0.3, -0.25) is 14.4 Å². The third kappa shape index (κ3) is 4.57. The number of rotatable bonds is 5. The number of amides is 1. The van der Waals surface area contributed by atoms with Gasteiger partial charge in [0.1, 0.15) is 6.54 Å².